The molecule has 0 aromatic carbocycles. The maximum absolute atomic E-state index is 12.4. The number of halogens is 4. The highest BCUT2D eigenvalue weighted by atomic mass is 19.4. The van der Waals surface area contributed by atoms with Crippen LogP contribution in [-0.4, -0.2) is 39.2 Å². The van der Waals surface area contributed by atoms with Crippen molar-refractivity contribution in [1.29, 1.82) is 0 Å². The Hall–Kier alpha value is -2.13. The van der Waals surface area contributed by atoms with Gasteiger partial charge in [0.25, 0.3) is 6.08 Å². The number of H-pyrrole nitrogens is 1. The second kappa shape index (κ2) is 5.02. The summed E-state index contributed by atoms with van der Waals surface area (Å²) >= 11 is 0. The minimum Gasteiger partial charge on any atom is -0.480 e. The van der Waals surface area contributed by atoms with Crippen LogP contribution in [0, 0.1) is 6.08 Å². The topological polar surface area (TPSA) is 95.1 Å². The highest BCUT2D eigenvalue weighted by molar-refractivity contribution is 5.87. The molecule has 0 saturated carbocycles. The lowest BCUT2D eigenvalue weighted by Gasteiger charge is -2.14. The van der Waals surface area contributed by atoms with Crippen molar-refractivity contribution in [2.45, 2.75) is 18.6 Å². The maximum atomic E-state index is 12.4. The number of imidazole rings is 1. The van der Waals surface area contributed by atoms with Gasteiger partial charge in [-0.15, -0.1) is 0 Å². The van der Waals surface area contributed by atoms with Crippen molar-refractivity contribution in [2.24, 2.45) is 0 Å². The summed E-state index contributed by atoms with van der Waals surface area (Å²) in [5.41, 5.74) is -0.0534. The number of nitrogens with one attached hydrogen (secondary N) is 2. The van der Waals surface area contributed by atoms with Gasteiger partial charge < -0.3 is 15.4 Å². The van der Waals surface area contributed by atoms with E-state index in [1.54, 1.807) is 0 Å². The van der Waals surface area contributed by atoms with E-state index in [9.17, 15) is 27.2 Å². The predicted molar refractivity (Wildman–Crippen MR) is 47.9 cm³/mol. The third-order valence-electron chi connectivity index (χ3n) is 1.88. The van der Waals surface area contributed by atoms with Gasteiger partial charge in [-0.1, -0.05) is 0 Å². The van der Waals surface area contributed by atoms with E-state index in [2.05, 4.69) is 4.98 Å². The molecule has 0 fully saturated rings. The Morgan fingerprint density at radius 1 is 1.50 bits per heavy atom. The second-order valence-electron chi connectivity index (χ2n) is 3.27. The van der Waals surface area contributed by atoms with Crippen molar-refractivity contribution in [1.82, 2.24) is 15.3 Å². The second-order valence-corrected chi connectivity index (χ2v) is 3.27. The lowest BCUT2D eigenvalue weighted by molar-refractivity contribution is -0.175. The van der Waals surface area contributed by atoms with E-state index in [0.29, 0.717) is 0 Å². The number of carbonyl (C=O) groups excluding carboxylic acids is 1. The van der Waals surface area contributed by atoms with Crippen molar-refractivity contribution >= 4 is 11.9 Å². The molecule has 0 bridgehead atoms. The molecule has 1 atom stereocenters. The summed E-state index contributed by atoms with van der Waals surface area (Å²) in [7, 11) is 0. The summed E-state index contributed by atoms with van der Waals surface area (Å²) in [6.07, 6.45) is -5.82. The van der Waals surface area contributed by atoms with Crippen molar-refractivity contribution < 1.29 is 32.3 Å². The highest BCUT2D eigenvalue weighted by Gasteiger charge is 2.40. The maximum Gasteiger partial charge on any atom is 0.471 e. The number of aromatic amines is 1. The first-order chi connectivity index (χ1) is 8.20. The van der Waals surface area contributed by atoms with Crippen LogP contribution < -0.4 is 5.32 Å². The molecule has 1 aromatic heterocycles. The molecule has 0 radical (unpaired) electrons. The third kappa shape index (κ3) is 3.71. The average Bonchev–Trinajstić information content (AvgIpc) is 2.61. The minimum atomic E-state index is -5.19. The molecule has 1 heterocycles. The number of nitrogens with zero attached hydrogens (tertiary/aromatic N) is 1. The van der Waals surface area contributed by atoms with E-state index in [4.69, 9.17) is 5.11 Å². The molecule has 1 unspecified atom stereocenters. The zero-order valence-corrected chi connectivity index (χ0v) is 8.58. The molecular formula is C8H7F4N3O3. The van der Waals surface area contributed by atoms with Crippen molar-refractivity contribution in [3.05, 3.63) is 18.0 Å². The number of carbonyl (C=O) groups is 2. The fourth-order valence-electron chi connectivity index (χ4n) is 1.10. The number of hydrogen-bond donors (Lipinski definition) is 3. The summed E-state index contributed by atoms with van der Waals surface area (Å²) in [5, 5.41) is 9.93. The SMILES string of the molecule is O=C(O)C(Cc1cnc(F)[nH]1)NC(=O)C(F)(F)F. The Balaban J connectivity index is 2.73. The Bertz CT molecular complexity index is 457. The third-order valence-corrected chi connectivity index (χ3v) is 1.88. The van der Waals surface area contributed by atoms with Gasteiger partial charge in [0, 0.05) is 12.1 Å². The highest BCUT2D eigenvalue weighted by Crippen LogP contribution is 2.15. The number of hydrogen-bond acceptors (Lipinski definition) is 3. The molecule has 0 saturated heterocycles. The van der Waals surface area contributed by atoms with Crippen LogP contribution in [-0.2, 0) is 16.0 Å². The molecular weight excluding hydrogens is 262 g/mol. The Labute approximate surface area is 97.0 Å². The monoisotopic (exact) mass is 269 g/mol. The molecule has 100 valence electrons. The van der Waals surface area contributed by atoms with Crippen LogP contribution >= 0.6 is 0 Å². The van der Waals surface area contributed by atoms with Crippen LogP contribution in [0.15, 0.2) is 6.20 Å². The van der Waals surface area contributed by atoms with Gasteiger partial charge in [-0.2, -0.15) is 17.6 Å². The zero-order valence-electron chi connectivity index (χ0n) is 8.58. The first-order valence-electron chi connectivity index (χ1n) is 4.50. The smallest absolute Gasteiger partial charge is 0.471 e. The first kappa shape index (κ1) is 13.9. The number of aliphatic carboxylic acids is 1. The Kier molecular flexibility index (Phi) is 3.89. The largest absolute Gasteiger partial charge is 0.480 e. The average molecular weight is 269 g/mol. The van der Waals surface area contributed by atoms with Gasteiger partial charge >= 0.3 is 18.1 Å². The molecule has 0 aliphatic carbocycles. The predicted octanol–water partition coefficient (Wildman–Crippen LogP) is 0.223. The summed E-state index contributed by atoms with van der Waals surface area (Å²) in [4.78, 5) is 26.3. The summed E-state index contributed by atoms with van der Waals surface area (Å²) < 4.78 is 48.2. The van der Waals surface area contributed by atoms with Crippen LogP contribution in [0.5, 0.6) is 0 Å². The van der Waals surface area contributed by atoms with Crippen LogP contribution in [0.1, 0.15) is 5.69 Å². The summed E-state index contributed by atoms with van der Waals surface area (Å²) in [6.45, 7) is 0. The van der Waals surface area contributed by atoms with E-state index in [-0.39, 0.29) is 5.69 Å². The fourth-order valence-corrected chi connectivity index (χ4v) is 1.10. The molecule has 1 aromatic rings. The number of rotatable bonds is 4. The fraction of sp³-hybridized carbons (Fsp3) is 0.375. The van der Waals surface area contributed by atoms with E-state index >= 15 is 0 Å². The molecule has 10 heteroatoms. The van der Waals surface area contributed by atoms with E-state index in [1.165, 1.54) is 5.32 Å². The molecule has 1 amide bonds. The molecule has 3 N–H and O–H groups in total. The van der Waals surface area contributed by atoms with Gasteiger partial charge in [0.2, 0.25) is 0 Å². The van der Waals surface area contributed by atoms with Crippen LogP contribution in [0.25, 0.3) is 0 Å². The minimum absolute atomic E-state index is 0.0534. The quantitative estimate of drug-likeness (QED) is 0.681. The van der Waals surface area contributed by atoms with Gasteiger partial charge in [0.1, 0.15) is 6.04 Å². The van der Waals surface area contributed by atoms with Gasteiger partial charge in [-0.05, 0) is 0 Å². The summed E-state index contributed by atoms with van der Waals surface area (Å²) in [6, 6.07) is -1.83. The van der Waals surface area contributed by atoms with Crippen molar-refractivity contribution in [2.75, 3.05) is 0 Å². The molecule has 6 nitrogen and oxygen atoms in total. The van der Waals surface area contributed by atoms with Crippen molar-refractivity contribution in [3.8, 4) is 0 Å². The van der Waals surface area contributed by atoms with E-state index < -0.39 is 36.6 Å². The molecule has 0 aliphatic rings. The van der Waals surface area contributed by atoms with E-state index in [0.717, 1.165) is 6.20 Å². The van der Waals surface area contributed by atoms with Crippen LogP contribution in [0.2, 0.25) is 0 Å². The standard InChI is InChI=1S/C8H7F4N3O3/c9-7-13-2-3(14-7)1-4(5(16)17)15-6(18)8(10,11)12/h2,4H,1H2,(H,13,14)(H,15,18)(H,16,17). The molecule has 18 heavy (non-hydrogen) atoms. The number of carboxylic acids is 1. The molecule has 1 rings (SSSR count). The number of carboxylic acid groups (broad SMARTS) is 1. The number of amides is 1. The zero-order chi connectivity index (χ0) is 13.9. The van der Waals surface area contributed by atoms with Crippen LogP contribution in [0.4, 0.5) is 17.6 Å². The number of aromatic nitrogens is 2. The normalized spacial score (nSPS) is 13.1. The lowest BCUT2D eigenvalue weighted by atomic mass is 10.1. The number of alkyl halides is 3. The van der Waals surface area contributed by atoms with Gasteiger partial charge in [-0.25, -0.2) is 9.78 Å². The van der Waals surface area contributed by atoms with Gasteiger partial charge in [-0.3, -0.25) is 4.79 Å². The van der Waals surface area contributed by atoms with Crippen LogP contribution in [0.3, 0.4) is 0 Å². The Morgan fingerprint density at radius 3 is 2.50 bits per heavy atom. The lowest BCUT2D eigenvalue weighted by Crippen LogP contribution is -2.47. The van der Waals surface area contributed by atoms with E-state index in [1.807, 2.05) is 4.98 Å². The first-order valence-corrected chi connectivity index (χ1v) is 4.50. The molecule has 0 aliphatic heterocycles. The van der Waals surface area contributed by atoms with Crippen molar-refractivity contribution in [3.63, 3.8) is 0 Å². The van der Waals surface area contributed by atoms with Gasteiger partial charge in [0.15, 0.2) is 0 Å². The Morgan fingerprint density at radius 2 is 2.11 bits per heavy atom. The molecule has 0 spiro atoms. The summed E-state index contributed by atoms with van der Waals surface area (Å²) in [5.74, 6) is -4.06. The van der Waals surface area contributed by atoms with Gasteiger partial charge in [0.05, 0.1) is 6.20 Å².